The predicted molar refractivity (Wildman–Crippen MR) is 100 cm³/mol. The fourth-order valence-electron chi connectivity index (χ4n) is 2.48. The maximum atomic E-state index is 12.3. The van der Waals surface area contributed by atoms with Crippen molar-refractivity contribution in [1.29, 1.82) is 0 Å². The number of amides is 1. The molecule has 0 radical (unpaired) electrons. The molecule has 0 saturated carbocycles. The van der Waals surface area contributed by atoms with E-state index in [1.165, 1.54) is 19.1 Å². The van der Waals surface area contributed by atoms with E-state index in [9.17, 15) is 9.59 Å². The van der Waals surface area contributed by atoms with Gasteiger partial charge in [0.15, 0.2) is 0 Å². The quantitative estimate of drug-likeness (QED) is 0.378. The molecule has 0 unspecified atom stereocenters. The van der Waals surface area contributed by atoms with Gasteiger partial charge in [0, 0.05) is 25.9 Å². The van der Waals surface area contributed by atoms with Crippen molar-refractivity contribution in [3.63, 3.8) is 0 Å². The molecule has 6 nitrogen and oxygen atoms in total. The van der Waals surface area contributed by atoms with Crippen LogP contribution in [-0.4, -0.2) is 45.8 Å². The van der Waals surface area contributed by atoms with Crippen LogP contribution in [0.4, 0.5) is 11.4 Å². The Morgan fingerprint density at radius 2 is 2.04 bits per heavy atom. The van der Waals surface area contributed by atoms with E-state index in [2.05, 4.69) is 11.9 Å². The lowest BCUT2D eigenvalue weighted by molar-refractivity contribution is -0.122. The third kappa shape index (κ3) is 6.23. The molecule has 0 aliphatic carbocycles. The summed E-state index contributed by atoms with van der Waals surface area (Å²) in [5.41, 5.74) is 1.73. The van der Waals surface area contributed by atoms with Crippen LogP contribution in [0.3, 0.4) is 0 Å². The van der Waals surface area contributed by atoms with Gasteiger partial charge in [-0.15, -0.1) is 6.58 Å². The first-order chi connectivity index (χ1) is 12.1. The molecule has 0 saturated heterocycles. The number of hydrogen-bond donors (Lipinski definition) is 1. The predicted octanol–water partition coefficient (Wildman–Crippen LogP) is 3.24. The summed E-state index contributed by atoms with van der Waals surface area (Å²) in [6.45, 7) is 6.75. The van der Waals surface area contributed by atoms with Gasteiger partial charge in [-0.05, 0) is 44.4 Å². The van der Waals surface area contributed by atoms with Gasteiger partial charge in [-0.1, -0.05) is 6.08 Å². The molecule has 138 valence electrons. The van der Waals surface area contributed by atoms with Crippen molar-refractivity contribution in [2.24, 2.45) is 0 Å². The molecule has 1 N–H and O–H groups in total. The van der Waals surface area contributed by atoms with Gasteiger partial charge in [0.1, 0.15) is 6.61 Å². The molecular weight excluding hydrogens is 320 g/mol. The Morgan fingerprint density at radius 1 is 1.28 bits per heavy atom. The second-order valence-corrected chi connectivity index (χ2v) is 5.51. The van der Waals surface area contributed by atoms with Gasteiger partial charge in [-0.2, -0.15) is 0 Å². The number of anilines is 2. The Hall–Kier alpha value is -2.34. The lowest BCUT2D eigenvalue weighted by Gasteiger charge is -2.24. The van der Waals surface area contributed by atoms with Gasteiger partial charge in [0.25, 0.3) is 5.91 Å². The van der Waals surface area contributed by atoms with Crippen molar-refractivity contribution in [2.45, 2.75) is 26.2 Å². The zero-order valence-corrected chi connectivity index (χ0v) is 15.3. The molecule has 0 aromatic heterocycles. The van der Waals surface area contributed by atoms with Gasteiger partial charge in [0.05, 0.1) is 18.4 Å². The Bertz CT molecular complexity index is 587. The van der Waals surface area contributed by atoms with Crippen molar-refractivity contribution in [1.82, 2.24) is 0 Å². The molecule has 0 aliphatic rings. The lowest BCUT2D eigenvalue weighted by Crippen LogP contribution is -2.34. The van der Waals surface area contributed by atoms with Crippen LogP contribution in [0.5, 0.6) is 0 Å². The number of ether oxygens (including phenoxy) is 2. The number of methoxy groups -OCH3 is 2. The summed E-state index contributed by atoms with van der Waals surface area (Å²) in [7, 11) is 2.79. The van der Waals surface area contributed by atoms with Crippen LogP contribution in [0, 0.1) is 0 Å². The average molecular weight is 348 g/mol. The van der Waals surface area contributed by atoms with Crippen LogP contribution in [0.1, 0.15) is 36.5 Å². The molecule has 0 spiro atoms. The number of nitrogens with one attached hydrogen (secondary N) is 1. The zero-order chi connectivity index (χ0) is 18.7. The van der Waals surface area contributed by atoms with Crippen LogP contribution < -0.4 is 10.2 Å². The topological polar surface area (TPSA) is 67.9 Å². The van der Waals surface area contributed by atoms with E-state index < -0.39 is 5.97 Å². The number of rotatable bonds is 11. The number of hydrogen-bond acceptors (Lipinski definition) is 5. The van der Waals surface area contributed by atoms with Gasteiger partial charge in [-0.25, -0.2) is 4.79 Å². The zero-order valence-electron chi connectivity index (χ0n) is 15.3. The summed E-state index contributed by atoms with van der Waals surface area (Å²) in [5.74, 6) is -0.686. The highest BCUT2D eigenvalue weighted by Crippen LogP contribution is 2.26. The Morgan fingerprint density at radius 3 is 2.64 bits per heavy atom. The standard InChI is InChI=1S/C19H28N2O4/c1-5-7-8-9-12-20-15-10-11-16(19(23)25-4)17(13-15)21(6-2)18(22)14-24-3/h5,10-11,13,20H,1,6-9,12,14H2,2-4H3. The number of nitrogens with zero attached hydrogens (tertiary/aromatic N) is 1. The smallest absolute Gasteiger partial charge is 0.339 e. The van der Waals surface area contributed by atoms with E-state index in [4.69, 9.17) is 9.47 Å². The summed E-state index contributed by atoms with van der Waals surface area (Å²) in [6, 6.07) is 5.30. The van der Waals surface area contributed by atoms with E-state index in [0.717, 1.165) is 31.5 Å². The second-order valence-electron chi connectivity index (χ2n) is 5.51. The third-order valence-electron chi connectivity index (χ3n) is 3.74. The van der Waals surface area contributed by atoms with Crippen molar-refractivity contribution in [3.8, 4) is 0 Å². The first-order valence-electron chi connectivity index (χ1n) is 8.45. The van der Waals surface area contributed by atoms with Crippen molar-refractivity contribution in [3.05, 3.63) is 36.4 Å². The fraction of sp³-hybridized carbons (Fsp3) is 0.474. The van der Waals surface area contributed by atoms with E-state index in [1.54, 1.807) is 12.1 Å². The highest BCUT2D eigenvalue weighted by molar-refractivity contribution is 6.03. The van der Waals surface area contributed by atoms with Crippen LogP contribution >= 0.6 is 0 Å². The molecule has 1 amide bonds. The van der Waals surface area contributed by atoms with Crippen molar-refractivity contribution in [2.75, 3.05) is 44.1 Å². The number of allylic oxidation sites excluding steroid dienone is 1. The summed E-state index contributed by atoms with van der Waals surface area (Å²) in [6.07, 6.45) is 4.98. The largest absolute Gasteiger partial charge is 0.465 e. The highest BCUT2D eigenvalue weighted by atomic mass is 16.5. The van der Waals surface area contributed by atoms with E-state index in [0.29, 0.717) is 17.8 Å². The summed E-state index contributed by atoms with van der Waals surface area (Å²) < 4.78 is 9.77. The van der Waals surface area contributed by atoms with E-state index in [-0.39, 0.29) is 12.5 Å². The minimum absolute atomic E-state index is 0.0480. The van der Waals surface area contributed by atoms with E-state index in [1.807, 2.05) is 19.1 Å². The molecule has 1 rings (SSSR count). The van der Waals surface area contributed by atoms with Gasteiger partial charge in [0.2, 0.25) is 0 Å². The monoisotopic (exact) mass is 348 g/mol. The van der Waals surface area contributed by atoms with Gasteiger partial charge in [-0.3, -0.25) is 4.79 Å². The van der Waals surface area contributed by atoms with Crippen molar-refractivity contribution >= 4 is 23.3 Å². The molecule has 1 aromatic carbocycles. The number of benzene rings is 1. The summed E-state index contributed by atoms with van der Waals surface area (Å²) in [4.78, 5) is 25.9. The Balaban J connectivity index is 3.03. The first-order valence-corrected chi connectivity index (χ1v) is 8.45. The summed E-state index contributed by atoms with van der Waals surface area (Å²) >= 11 is 0. The number of esters is 1. The van der Waals surface area contributed by atoms with E-state index >= 15 is 0 Å². The van der Waals surface area contributed by atoms with Crippen LogP contribution in [0.2, 0.25) is 0 Å². The molecule has 0 heterocycles. The summed E-state index contributed by atoms with van der Waals surface area (Å²) in [5, 5.41) is 3.32. The Labute approximate surface area is 149 Å². The fourth-order valence-corrected chi connectivity index (χ4v) is 2.48. The Kier molecular flexibility index (Phi) is 9.32. The van der Waals surface area contributed by atoms with Gasteiger partial charge >= 0.3 is 5.97 Å². The second kappa shape index (κ2) is 11.3. The van der Waals surface area contributed by atoms with Crippen molar-refractivity contribution < 1.29 is 19.1 Å². The minimum Gasteiger partial charge on any atom is -0.465 e. The molecule has 0 bridgehead atoms. The molecule has 1 aromatic rings. The molecule has 0 aliphatic heterocycles. The molecule has 6 heteroatoms. The number of carbonyl (C=O) groups is 2. The van der Waals surface area contributed by atoms with Gasteiger partial charge < -0.3 is 19.7 Å². The maximum Gasteiger partial charge on any atom is 0.339 e. The lowest BCUT2D eigenvalue weighted by atomic mass is 10.1. The molecular formula is C19H28N2O4. The first kappa shape index (κ1) is 20.7. The van der Waals surface area contributed by atoms with Crippen LogP contribution in [0.25, 0.3) is 0 Å². The maximum absolute atomic E-state index is 12.3. The highest BCUT2D eigenvalue weighted by Gasteiger charge is 2.21. The molecule has 0 fully saturated rings. The van der Waals surface area contributed by atoms with Crippen LogP contribution in [0.15, 0.2) is 30.9 Å². The number of unbranched alkanes of at least 4 members (excludes halogenated alkanes) is 2. The molecule has 0 atom stereocenters. The molecule has 25 heavy (non-hydrogen) atoms. The number of carbonyl (C=O) groups excluding carboxylic acids is 2. The third-order valence-corrected chi connectivity index (χ3v) is 3.74. The average Bonchev–Trinajstić information content (AvgIpc) is 2.62. The normalized spacial score (nSPS) is 10.2. The minimum atomic E-state index is -0.476. The SMILES string of the molecule is C=CCCCCNc1ccc(C(=O)OC)c(N(CC)C(=O)COC)c1. The number of likely N-dealkylation sites (N-methyl/N-ethyl adjacent to an activating group) is 1. The van der Waals surface area contributed by atoms with Crippen LogP contribution in [-0.2, 0) is 14.3 Å².